The molecule has 0 bridgehead atoms. The minimum absolute atomic E-state index is 0.0161. The maximum absolute atomic E-state index is 12.0. The molecule has 0 spiro atoms. The fourth-order valence-electron chi connectivity index (χ4n) is 1.45. The molecule has 1 aromatic heterocycles. The van der Waals surface area contributed by atoms with Crippen LogP contribution >= 0.6 is 0 Å². The summed E-state index contributed by atoms with van der Waals surface area (Å²) in [5.41, 5.74) is 1.76. The molecule has 1 rings (SSSR count). The highest BCUT2D eigenvalue weighted by Crippen LogP contribution is 2.06. The molecule has 8 heteroatoms. The molecule has 0 aliphatic carbocycles. The fraction of sp³-hybridized carbons (Fsp3) is 0.500. The first-order valence-electron chi connectivity index (χ1n) is 6.04. The molecule has 0 saturated carbocycles. The number of nitrogens with one attached hydrogen (secondary N) is 1. The Morgan fingerprint density at radius 2 is 2.20 bits per heavy atom. The van der Waals surface area contributed by atoms with Crippen LogP contribution in [-0.4, -0.2) is 44.4 Å². The summed E-state index contributed by atoms with van der Waals surface area (Å²) < 4.78 is 32.0. The predicted molar refractivity (Wildman–Crippen MR) is 74.0 cm³/mol. The van der Waals surface area contributed by atoms with Crippen molar-refractivity contribution in [2.24, 2.45) is 0 Å². The molecule has 0 aliphatic rings. The number of hydrogen-bond donors (Lipinski definition) is 1. The Balaban J connectivity index is 2.57. The van der Waals surface area contributed by atoms with E-state index >= 15 is 0 Å². The van der Waals surface area contributed by atoms with Crippen LogP contribution in [0.25, 0.3) is 0 Å². The van der Waals surface area contributed by atoms with Crippen molar-refractivity contribution in [3.8, 4) is 0 Å². The van der Waals surface area contributed by atoms with Gasteiger partial charge in [-0.05, 0) is 24.1 Å². The van der Waals surface area contributed by atoms with Gasteiger partial charge in [-0.15, -0.1) is 0 Å². The number of ether oxygens (including phenoxy) is 1. The number of esters is 1. The topological polar surface area (TPSA) is 88.6 Å². The lowest BCUT2D eigenvalue weighted by Crippen LogP contribution is -2.39. The lowest BCUT2D eigenvalue weighted by molar-refractivity contribution is -0.140. The third-order valence-electron chi connectivity index (χ3n) is 2.85. The van der Waals surface area contributed by atoms with E-state index in [4.69, 9.17) is 0 Å². The third-order valence-corrected chi connectivity index (χ3v) is 4.36. The van der Waals surface area contributed by atoms with Gasteiger partial charge in [0.05, 0.1) is 13.5 Å². The van der Waals surface area contributed by atoms with Crippen molar-refractivity contribution in [3.63, 3.8) is 0 Å². The monoisotopic (exact) mass is 301 g/mol. The van der Waals surface area contributed by atoms with E-state index in [1.165, 1.54) is 14.2 Å². The van der Waals surface area contributed by atoms with Crippen molar-refractivity contribution < 1.29 is 17.9 Å². The van der Waals surface area contributed by atoms with Crippen molar-refractivity contribution in [3.05, 3.63) is 29.6 Å². The molecule has 0 aliphatic heterocycles. The first kappa shape index (κ1) is 16.5. The zero-order valence-corrected chi connectivity index (χ0v) is 12.6. The number of aryl methyl sites for hydroxylation is 1. The van der Waals surface area contributed by atoms with Gasteiger partial charge in [-0.1, -0.05) is 0 Å². The van der Waals surface area contributed by atoms with E-state index in [1.807, 2.05) is 6.92 Å². The number of carbonyl (C=O) groups is 1. The summed E-state index contributed by atoms with van der Waals surface area (Å²) in [5.74, 6) is -0.447. The highest BCUT2D eigenvalue weighted by Gasteiger charge is 2.18. The molecule has 1 aromatic rings. The first-order valence-corrected chi connectivity index (χ1v) is 7.48. The number of pyridine rings is 1. The Bertz CT molecular complexity index is 560. The second kappa shape index (κ2) is 7.32. The Labute approximate surface area is 119 Å². The molecule has 0 unspecified atom stereocenters. The molecule has 0 fully saturated rings. The van der Waals surface area contributed by atoms with Crippen molar-refractivity contribution >= 4 is 16.2 Å². The van der Waals surface area contributed by atoms with Gasteiger partial charge in [0.1, 0.15) is 0 Å². The average Bonchev–Trinajstić information content (AvgIpc) is 2.43. The Morgan fingerprint density at radius 1 is 1.50 bits per heavy atom. The van der Waals surface area contributed by atoms with E-state index in [0.29, 0.717) is 0 Å². The Morgan fingerprint density at radius 3 is 2.80 bits per heavy atom. The second-order valence-corrected chi connectivity index (χ2v) is 6.14. The molecule has 0 aromatic carbocycles. The maximum atomic E-state index is 12.0. The van der Waals surface area contributed by atoms with Gasteiger partial charge >= 0.3 is 5.97 Å². The van der Waals surface area contributed by atoms with Crippen LogP contribution in [-0.2, 0) is 26.3 Å². The van der Waals surface area contributed by atoms with Crippen LogP contribution in [0.4, 0.5) is 0 Å². The summed E-state index contributed by atoms with van der Waals surface area (Å²) in [6, 6.07) is 1.76. The first-order chi connectivity index (χ1) is 9.36. The zero-order chi connectivity index (χ0) is 15.2. The standard InChI is InChI=1S/C12H19N3O4S/c1-10-8-13-6-4-11(10)9-14-20(17,18)15(2)7-5-12(16)19-3/h4,6,8,14H,5,7,9H2,1-3H3. The van der Waals surface area contributed by atoms with Crippen molar-refractivity contribution in [2.45, 2.75) is 19.9 Å². The summed E-state index contributed by atoms with van der Waals surface area (Å²) in [6.45, 7) is 2.11. The Kier molecular flexibility index (Phi) is 6.05. The molecule has 112 valence electrons. The molecular weight excluding hydrogens is 282 g/mol. The molecule has 0 radical (unpaired) electrons. The normalized spacial score (nSPS) is 11.6. The largest absolute Gasteiger partial charge is 0.469 e. The van der Waals surface area contributed by atoms with Crippen molar-refractivity contribution in [1.82, 2.24) is 14.0 Å². The minimum atomic E-state index is -3.62. The Hall–Kier alpha value is -1.51. The fourth-order valence-corrected chi connectivity index (χ4v) is 2.34. The molecule has 0 atom stereocenters. The number of nitrogens with zero attached hydrogens (tertiary/aromatic N) is 2. The van der Waals surface area contributed by atoms with Crippen molar-refractivity contribution in [1.29, 1.82) is 0 Å². The van der Waals surface area contributed by atoms with Crippen LogP contribution in [0.2, 0.25) is 0 Å². The zero-order valence-electron chi connectivity index (χ0n) is 11.8. The molecule has 7 nitrogen and oxygen atoms in total. The van der Waals surface area contributed by atoms with Crippen LogP contribution in [0.15, 0.2) is 18.5 Å². The van der Waals surface area contributed by atoms with Gasteiger partial charge in [0.25, 0.3) is 10.2 Å². The van der Waals surface area contributed by atoms with Gasteiger partial charge in [0.15, 0.2) is 0 Å². The van der Waals surface area contributed by atoms with E-state index < -0.39 is 16.2 Å². The number of hydrogen-bond acceptors (Lipinski definition) is 5. The number of rotatable bonds is 7. The van der Waals surface area contributed by atoms with Gasteiger partial charge in [-0.3, -0.25) is 9.78 Å². The predicted octanol–water partition coefficient (Wildman–Crippen LogP) is 0.219. The summed E-state index contributed by atoms with van der Waals surface area (Å²) in [7, 11) is -0.951. The molecular formula is C12H19N3O4S. The maximum Gasteiger partial charge on any atom is 0.306 e. The van der Waals surface area contributed by atoms with Crippen LogP contribution in [0.1, 0.15) is 17.5 Å². The summed E-state index contributed by atoms with van der Waals surface area (Å²) >= 11 is 0. The van der Waals surface area contributed by atoms with E-state index in [-0.39, 0.29) is 19.5 Å². The molecule has 1 N–H and O–H groups in total. The van der Waals surface area contributed by atoms with E-state index in [2.05, 4.69) is 14.4 Å². The lowest BCUT2D eigenvalue weighted by Gasteiger charge is -2.17. The number of aromatic nitrogens is 1. The van der Waals surface area contributed by atoms with Gasteiger partial charge in [-0.25, -0.2) is 0 Å². The minimum Gasteiger partial charge on any atom is -0.469 e. The van der Waals surface area contributed by atoms with Crippen molar-refractivity contribution in [2.75, 3.05) is 20.7 Å². The average molecular weight is 301 g/mol. The molecule has 1 heterocycles. The summed E-state index contributed by atoms with van der Waals surface area (Å²) in [6.07, 6.45) is 3.30. The highest BCUT2D eigenvalue weighted by molar-refractivity contribution is 7.87. The van der Waals surface area contributed by atoms with Crippen LogP contribution in [0, 0.1) is 6.92 Å². The van der Waals surface area contributed by atoms with Gasteiger partial charge in [0.2, 0.25) is 0 Å². The van der Waals surface area contributed by atoms with Crippen LogP contribution in [0.3, 0.4) is 0 Å². The van der Waals surface area contributed by atoms with Crippen LogP contribution < -0.4 is 4.72 Å². The molecule has 0 amide bonds. The smallest absolute Gasteiger partial charge is 0.306 e. The summed E-state index contributed by atoms with van der Waals surface area (Å²) in [5, 5.41) is 0. The SMILES string of the molecule is COC(=O)CCN(C)S(=O)(=O)NCc1ccncc1C. The molecule has 20 heavy (non-hydrogen) atoms. The van der Waals surface area contributed by atoms with Gasteiger partial charge < -0.3 is 4.74 Å². The number of carbonyl (C=O) groups excluding carboxylic acids is 1. The molecule has 0 saturated heterocycles. The highest BCUT2D eigenvalue weighted by atomic mass is 32.2. The van der Waals surface area contributed by atoms with E-state index in [9.17, 15) is 13.2 Å². The quantitative estimate of drug-likeness (QED) is 0.728. The third kappa shape index (κ3) is 4.87. The second-order valence-electron chi connectivity index (χ2n) is 4.28. The summed E-state index contributed by atoms with van der Waals surface area (Å²) in [4.78, 5) is 14.9. The van der Waals surface area contributed by atoms with Gasteiger partial charge in [0, 0.05) is 32.5 Å². The lowest BCUT2D eigenvalue weighted by atomic mass is 10.2. The van der Waals surface area contributed by atoms with E-state index in [1.54, 1.807) is 18.5 Å². The number of methoxy groups -OCH3 is 1. The van der Waals surface area contributed by atoms with Crippen LogP contribution in [0.5, 0.6) is 0 Å². The van der Waals surface area contributed by atoms with E-state index in [0.717, 1.165) is 15.4 Å². The van der Waals surface area contributed by atoms with Gasteiger partial charge in [-0.2, -0.15) is 17.4 Å².